The Morgan fingerprint density at radius 2 is 1.89 bits per heavy atom. The number of hydrogen-bond acceptors (Lipinski definition) is 6. The van der Waals surface area contributed by atoms with Crippen LogP contribution in [-0.2, 0) is 23.2 Å². The number of halogens is 3. The summed E-state index contributed by atoms with van der Waals surface area (Å²) in [5, 5.41) is 11.2. The van der Waals surface area contributed by atoms with Crippen LogP contribution in [0.3, 0.4) is 0 Å². The number of likely N-dealkylation sites (tertiary alicyclic amines) is 1. The van der Waals surface area contributed by atoms with Gasteiger partial charge in [-0.05, 0) is 18.6 Å². The number of ether oxygens (including phenoxy) is 1. The molecule has 3 aliphatic rings. The van der Waals surface area contributed by atoms with Crippen molar-refractivity contribution in [3.05, 3.63) is 56.4 Å². The van der Waals surface area contributed by atoms with Gasteiger partial charge in [0.2, 0.25) is 0 Å². The van der Waals surface area contributed by atoms with Crippen molar-refractivity contribution in [1.29, 1.82) is 0 Å². The van der Waals surface area contributed by atoms with Gasteiger partial charge in [0.25, 0.3) is 11.8 Å². The summed E-state index contributed by atoms with van der Waals surface area (Å²) < 4.78 is 9.02. The van der Waals surface area contributed by atoms with Gasteiger partial charge in [0.1, 0.15) is 0 Å². The molecule has 0 bridgehead atoms. The van der Waals surface area contributed by atoms with Gasteiger partial charge in [0.05, 0.1) is 24.6 Å². The van der Waals surface area contributed by atoms with Crippen molar-refractivity contribution in [2.75, 3.05) is 12.1 Å². The second-order valence-corrected chi connectivity index (χ2v) is 10.4. The Morgan fingerprint density at radius 3 is 2.54 bits per heavy atom. The summed E-state index contributed by atoms with van der Waals surface area (Å²) in [6.07, 6.45) is 1.50. The molecule has 5 rings (SSSR count). The van der Waals surface area contributed by atoms with Gasteiger partial charge in [0, 0.05) is 24.9 Å². The van der Waals surface area contributed by atoms with Crippen LogP contribution in [0.15, 0.2) is 39.4 Å². The van der Waals surface area contributed by atoms with Crippen LogP contribution in [0.4, 0.5) is 0 Å². The minimum absolute atomic E-state index is 0.0374. The zero-order valence-corrected chi connectivity index (χ0v) is 21.8. The molecule has 1 aromatic carbocycles. The van der Waals surface area contributed by atoms with Crippen molar-refractivity contribution in [2.24, 2.45) is 7.05 Å². The molecule has 1 saturated heterocycles. The average Bonchev–Trinajstić information content (AvgIpc) is 3.14. The number of rotatable bonds is 4. The number of fused-ring (bicyclic) bond motifs is 4. The van der Waals surface area contributed by atoms with Gasteiger partial charge in [-0.2, -0.15) is 0 Å². The topological polar surface area (TPSA) is 116 Å². The Kier molecular flexibility index (Phi) is 5.54. The number of aromatic nitrogens is 3. The maximum absolute atomic E-state index is 13.6. The first-order valence-electron chi connectivity index (χ1n) is 10.9. The lowest BCUT2D eigenvalue weighted by atomic mass is 9.64. The smallest absolute Gasteiger partial charge is 0.347 e. The summed E-state index contributed by atoms with van der Waals surface area (Å²) in [4.78, 5) is 49.8. The molecule has 4 unspecified atom stereocenters. The van der Waals surface area contributed by atoms with Crippen molar-refractivity contribution in [3.63, 3.8) is 0 Å². The molecule has 4 atom stereocenters. The van der Waals surface area contributed by atoms with Gasteiger partial charge in [-0.15, -0.1) is 23.2 Å². The summed E-state index contributed by atoms with van der Waals surface area (Å²) in [5.41, 5.74) is -0.515. The van der Waals surface area contributed by atoms with E-state index in [9.17, 15) is 24.3 Å². The first-order chi connectivity index (χ1) is 16.5. The van der Waals surface area contributed by atoms with E-state index >= 15 is 0 Å². The van der Waals surface area contributed by atoms with Gasteiger partial charge in [0.15, 0.2) is 21.2 Å². The lowest BCUT2D eigenvalue weighted by Crippen LogP contribution is -2.59. The molecular weight excluding hydrogens is 567 g/mol. The fraction of sp³-hybridized carbons (Fsp3) is 0.455. The van der Waals surface area contributed by atoms with E-state index in [-0.39, 0.29) is 42.1 Å². The molecule has 0 spiro atoms. The third-order valence-electron chi connectivity index (χ3n) is 7.11. The number of nitrogens with zero attached hydrogens (tertiary/aromatic N) is 4. The van der Waals surface area contributed by atoms with E-state index in [0.29, 0.717) is 5.57 Å². The van der Waals surface area contributed by atoms with Crippen LogP contribution in [0.1, 0.15) is 30.9 Å². The molecule has 1 saturated carbocycles. The van der Waals surface area contributed by atoms with Crippen LogP contribution >= 0.6 is 39.1 Å². The minimum atomic E-state index is -2.01. The third-order valence-corrected chi connectivity index (χ3v) is 9.03. The van der Waals surface area contributed by atoms with E-state index in [1.807, 2.05) is 0 Å². The van der Waals surface area contributed by atoms with Gasteiger partial charge < -0.3 is 9.84 Å². The van der Waals surface area contributed by atoms with E-state index in [1.54, 1.807) is 31.2 Å². The van der Waals surface area contributed by atoms with Crippen molar-refractivity contribution in [2.45, 2.75) is 41.6 Å². The predicted molar refractivity (Wildman–Crippen MR) is 131 cm³/mol. The molecule has 3 heterocycles. The fourth-order valence-corrected chi connectivity index (χ4v) is 6.91. The molecule has 2 fully saturated rings. The Bertz CT molecular complexity index is 1430. The summed E-state index contributed by atoms with van der Waals surface area (Å²) in [6, 6.07) is 3.93. The SMILES string of the molecule is CCOc1cccc(C2C3=CCn4c(=O)n(C)c(=O)n4C3CC3(Cl)C(=O)N(CBr)C(=O)C23Cl)c1O. The van der Waals surface area contributed by atoms with Crippen molar-refractivity contribution >= 4 is 50.9 Å². The summed E-state index contributed by atoms with van der Waals surface area (Å²) in [6.45, 7) is 2.07. The number of allylic oxidation sites excluding steroid dienone is 2. The van der Waals surface area contributed by atoms with Crippen LogP contribution in [0, 0.1) is 0 Å². The quantitative estimate of drug-likeness (QED) is 0.252. The largest absolute Gasteiger partial charge is 0.504 e. The zero-order valence-electron chi connectivity index (χ0n) is 18.7. The molecule has 1 aromatic heterocycles. The number of hydrogen-bond donors (Lipinski definition) is 1. The van der Waals surface area contributed by atoms with E-state index in [0.717, 1.165) is 9.47 Å². The van der Waals surface area contributed by atoms with Crippen LogP contribution in [0.25, 0.3) is 0 Å². The number of phenols is 1. The van der Waals surface area contributed by atoms with Crippen LogP contribution < -0.4 is 16.1 Å². The van der Waals surface area contributed by atoms with Gasteiger partial charge in [-0.1, -0.05) is 34.1 Å². The molecule has 13 heteroatoms. The second-order valence-electron chi connectivity index (χ2n) is 8.71. The minimum Gasteiger partial charge on any atom is -0.504 e. The summed E-state index contributed by atoms with van der Waals surface area (Å²) in [7, 11) is 1.36. The van der Waals surface area contributed by atoms with Crippen molar-refractivity contribution < 1.29 is 19.4 Å². The molecule has 35 heavy (non-hydrogen) atoms. The van der Waals surface area contributed by atoms with Gasteiger partial charge in [-0.25, -0.2) is 23.5 Å². The van der Waals surface area contributed by atoms with Crippen molar-refractivity contribution in [3.8, 4) is 11.5 Å². The zero-order chi connectivity index (χ0) is 25.4. The number of phenolic OH excluding ortho intramolecular Hbond substituents is 1. The summed E-state index contributed by atoms with van der Waals surface area (Å²) >= 11 is 17.3. The molecule has 2 aliphatic heterocycles. The highest BCUT2D eigenvalue weighted by Gasteiger charge is 2.75. The number of imide groups is 1. The maximum atomic E-state index is 13.6. The Morgan fingerprint density at radius 1 is 1.17 bits per heavy atom. The average molecular weight is 588 g/mol. The number of alkyl halides is 3. The first-order valence-corrected chi connectivity index (χ1v) is 12.7. The van der Waals surface area contributed by atoms with Gasteiger partial charge >= 0.3 is 11.4 Å². The Labute approximate surface area is 217 Å². The van der Waals surface area contributed by atoms with E-state index in [1.165, 1.54) is 16.4 Å². The maximum Gasteiger partial charge on any atom is 0.347 e. The van der Waals surface area contributed by atoms with Crippen LogP contribution in [0.2, 0.25) is 0 Å². The number of amides is 2. The predicted octanol–water partition coefficient (Wildman–Crippen LogP) is 1.80. The molecule has 0 radical (unpaired) electrons. The highest BCUT2D eigenvalue weighted by Crippen LogP contribution is 2.64. The van der Waals surface area contributed by atoms with E-state index in [4.69, 9.17) is 27.9 Å². The number of carbonyl (C=O) groups excluding carboxylic acids is 2. The van der Waals surface area contributed by atoms with E-state index < -0.39 is 44.9 Å². The molecule has 2 amide bonds. The Balaban J connectivity index is 1.83. The molecule has 186 valence electrons. The standard InChI is InChI=1S/C22H21BrCl2N4O6/c1-3-35-14-6-4-5-12(16(14)30)15-11-7-8-28-19(33)26(2)20(34)29(28)13(11)9-21(24)17(31)27(10-23)18(32)22(15,21)25/h4-7,13,15,30H,3,8-10H2,1-2H3. The second kappa shape index (κ2) is 8.01. The van der Waals surface area contributed by atoms with Crippen LogP contribution in [0.5, 0.6) is 11.5 Å². The Hall–Kier alpha value is -2.50. The van der Waals surface area contributed by atoms with Gasteiger partial charge in [-0.3, -0.25) is 14.5 Å². The molecule has 1 aliphatic carbocycles. The van der Waals surface area contributed by atoms with E-state index in [2.05, 4.69) is 15.9 Å². The highest BCUT2D eigenvalue weighted by molar-refractivity contribution is 9.09. The lowest BCUT2D eigenvalue weighted by Gasteiger charge is -2.49. The fourth-order valence-electron chi connectivity index (χ4n) is 5.51. The van der Waals surface area contributed by atoms with Crippen LogP contribution in [-0.4, -0.2) is 57.6 Å². The lowest BCUT2D eigenvalue weighted by molar-refractivity contribution is -0.138. The normalized spacial score (nSPS) is 29.5. The number of para-hydroxylation sites is 1. The first kappa shape index (κ1) is 24.2. The third kappa shape index (κ3) is 2.88. The number of carbonyl (C=O) groups is 2. The number of aromatic hydroxyl groups is 1. The molecule has 1 N–H and O–H groups in total. The number of benzene rings is 1. The van der Waals surface area contributed by atoms with Crippen molar-refractivity contribution in [1.82, 2.24) is 18.8 Å². The summed E-state index contributed by atoms with van der Waals surface area (Å²) in [5.74, 6) is -2.61. The molecule has 10 nitrogen and oxygen atoms in total. The highest BCUT2D eigenvalue weighted by atomic mass is 79.9. The monoisotopic (exact) mass is 586 g/mol. The molecular formula is C22H21BrCl2N4O6. The molecule has 2 aromatic rings.